The summed E-state index contributed by atoms with van der Waals surface area (Å²) in [6.07, 6.45) is 5.34. The molecule has 1 heterocycles. The number of halogens is 1. The molecule has 0 aliphatic rings. The molecule has 0 fully saturated rings. The molecule has 0 amide bonds. The first-order valence-corrected chi connectivity index (χ1v) is 4.73. The minimum atomic E-state index is -0.264. The number of nitrogens with one attached hydrogen (secondary N) is 1. The Morgan fingerprint density at radius 2 is 2.50 bits per heavy atom. The fourth-order valence-electron chi connectivity index (χ4n) is 1.40. The van der Waals surface area contributed by atoms with Crippen molar-refractivity contribution in [3.05, 3.63) is 42.5 Å². The number of nitrogens with zero attached hydrogens (tertiary/aromatic N) is 1. The van der Waals surface area contributed by atoms with Crippen molar-refractivity contribution in [3.8, 4) is 0 Å². The molecular formula is C11H15FN2. The number of hydrogen-bond acceptors (Lipinski definition) is 2. The molecule has 76 valence electrons. The Morgan fingerprint density at radius 3 is 3.07 bits per heavy atom. The zero-order valence-corrected chi connectivity index (χ0v) is 8.33. The summed E-state index contributed by atoms with van der Waals surface area (Å²) in [6, 6.07) is 1.70. The molecule has 2 nitrogen and oxygen atoms in total. The maximum Gasteiger partial charge on any atom is 0.146 e. The Morgan fingerprint density at radius 1 is 1.71 bits per heavy atom. The van der Waals surface area contributed by atoms with Crippen LogP contribution in [-0.2, 0) is 0 Å². The first-order chi connectivity index (χ1) is 6.79. The van der Waals surface area contributed by atoms with Crippen LogP contribution in [0.5, 0.6) is 0 Å². The van der Waals surface area contributed by atoms with Gasteiger partial charge in [0.15, 0.2) is 0 Å². The molecule has 0 spiro atoms. The first-order valence-electron chi connectivity index (χ1n) is 4.73. The maximum atomic E-state index is 13.3. The van der Waals surface area contributed by atoms with E-state index in [9.17, 15) is 4.39 Å². The van der Waals surface area contributed by atoms with Gasteiger partial charge in [-0.25, -0.2) is 4.39 Å². The SMILES string of the molecule is C=CCC(NCC)c1ccncc1F. The van der Waals surface area contributed by atoms with Crippen LogP contribution in [0.25, 0.3) is 0 Å². The van der Waals surface area contributed by atoms with Crippen molar-refractivity contribution in [1.29, 1.82) is 0 Å². The summed E-state index contributed by atoms with van der Waals surface area (Å²) in [5.41, 5.74) is 0.654. The van der Waals surface area contributed by atoms with E-state index in [0.29, 0.717) is 5.56 Å². The number of hydrogen-bond donors (Lipinski definition) is 1. The third-order valence-electron chi connectivity index (χ3n) is 2.03. The van der Waals surface area contributed by atoms with Crippen LogP contribution in [0.1, 0.15) is 24.9 Å². The summed E-state index contributed by atoms with van der Waals surface area (Å²) in [6.45, 7) is 6.46. The van der Waals surface area contributed by atoms with E-state index >= 15 is 0 Å². The predicted octanol–water partition coefficient (Wildman–Crippen LogP) is 2.45. The molecular weight excluding hydrogens is 179 g/mol. The second kappa shape index (κ2) is 5.50. The van der Waals surface area contributed by atoms with Gasteiger partial charge in [-0.2, -0.15) is 0 Å². The molecule has 0 aliphatic carbocycles. The summed E-state index contributed by atoms with van der Waals surface area (Å²) < 4.78 is 13.3. The molecule has 0 bridgehead atoms. The van der Waals surface area contributed by atoms with Crippen LogP contribution in [0.15, 0.2) is 31.1 Å². The van der Waals surface area contributed by atoms with Crippen LogP contribution < -0.4 is 5.32 Å². The van der Waals surface area contributed by atoms with E-state index in [4.69, 9.17) is 0 Å². The van der Waals surface area contributed by atoms with Crippen molar-refractivity contribution in [2.45, 2.75) is 19.4 Å². The van der Waals surface area contributed by atoms with E-state index in [1.165, 1.54) is 6.20 Å². The minimum Gasteiger partial charge on any atom is -0.310 e. The van der Waals surface area contributed by atoms with E-state index in [1.807, 2.05) is 6.92 Å². The highest BCUT2D eigenvalue weighted by molar-refractivity contribution is 5.18. The molecule has 1 aromatic heterocycles. The standard InChI is InChI=1S/C11H15FN2/c1-3-5-11(14-4-2)9-6-7-13-8-10(9)12/h3,6-8,11,14H,1,4-5H2,2H3. The molecule has 0 saturated heterocycles. The Kier molecular flexibility index (Phi) is 4.26. The third kappa shape index (κ3) is 2.64. The quantitative estimate of drug-likeness (QED) is 0.728. The molecule has 0 saturated carbocycles. The van der Waals surface area contributed by atoms with Gasteiger partial charge >= 0.3 is 0 Å². The van der Waals surface area contributed by atoms with Gasteiger partial charge in [-0.15, -0.1) is 6.58 Å². The van der Waals surface area contributed by atoms with Crippen molar-refractivity contribution < 1.29 is 4.39 Å². The fourth-order valence-corrected chi connectivity index (χ4v) is 1.40. The van der Waals surface area contributed by atoms with Gasteiger partial charge in [-0.3, -0.25) is 4.98 Å². The summed E-state index contributed by atoms with van der Waals surface area (Å²) in [5, 5.41) is 3.20. The normalized spacial score (nSPS) is 12.4. The Labute approximate surface area is 83.9 Å². The average molecular weight is 194 g/mol. The molecule has 3 heteroatoms. The molecule has 1 N–H and O–H groups in total. The molecule has 1 rings (SSSR count). The monoisotopic (exact) mass is 194 g/mol. The van der Waals surface area contributed by atoms with Gasteiger partial charge in [-0.05, 0) is 19.0 Å². The summed E-state index contributed by atoms with van der Waals surface area (Å²) in [7, 11) is 0. The fraction of sp³-hybridized carbons (Fsp3) is 0.364. The van der Waals surface area contributed by atoms with Crippen molar-refractivity contribution >= 4 is 0 Å². The van der Waals surface area contributed by atoms with E-state index < -0.39 is 0 Å². The Bertz CT molecular complexity index is 299. The molecule has 14 heavy (non-hydrogen) atoms. The van der Waals surface area contributed by atoms with Crippen LogP contribution in [0, 0.1) is 5.82 Å². The second-order valence-corrected chi connectivity index (χ2v) is 3.03. The lowest BCUT2D eigenvalue weighted by atomic mass is 10.0. The van der Waals surface area contributed by atoms with Gasteiger partial charge < -0.3 is 5.32 Å². The molecule has 1 unspecified atom stereocenters. The van der Waals surface area contributed by atoms with E-state index in [0.717, 1.165) is 13.0 Å². The first kappa shape index (κ1) is 10.9. The van der Waals surface area contributed by atoms with Crippen LogP contribution in [0.2, 0.25) is 0 Å². The minimum absolute atomic E-state index is 0.000463. The maximum absolute atomic E-state index is 13.3. The zero-order valence-electron chi connectivity index (χ0n) is 8.33. The van der Waals surface area contributed by atoms with E-state index in [-0.39, 0.29) is 11.9 Å². The van der Waals surface area contributed by atoms with Gasteiger partial charge in [0.05, 0.1) is 6.20 Å². The lowest BCUT2D eigenvalue weighted by Gasteiger charge is -2.16. The molecule has 0 aliphatic heterocycles. The summed E-state index contributed by atoms with van der Waals surface area (Å²) in [4.78, 5) is 3.72. The van der Waals surface area contributed by atoms with Gasteiger partial charge in [-0.1, -0.05) is 13.0 Å². The smallest absolute Gasteiger partial charge is 0.146 e. The molecule has 0 aromatic carbocycles. The zero-order chi connectivity index (χ0) is 10.4. The van der Waals surface area contributed by atoms with Crippen molar-refractivity contribution in [3.63, 3.8) is 0 Å². The van der Waals surface area contributed by atoms with Crippen molar-refractivity contribution in [1.82, 2.24) is 10.3 Å². The van der Waals surface area contributed by atoms with Crippen molar-refractivity contribution in [2.75, 3.05) is 6.54 Å². The van der Waals surface area contributed by atoms with E-state index in [2.05, 4.69) is 16.9 Å². The van der Waals surface area contributed by atoms with Crippen LogP contribution in [-0.4, -0.2) is 11.5 Å². The van der Waals surface area contributed by atoms with E-state index in [1.54, 1.807) is 18.3 Å². The third-order valence-corrected chi connectivity index (χ3v) is 2.03. The number of aromatic nitrogens is 1. The Hall–Kier alpha value is -1.22. The van der Waals surface area contributed by atoms with Gasteiger partial charge in [0, 0.05) is 17.8 Å². The highest BCUT2D eigenvalue weighted by atomic mass is 19.1. The van der Waals surface area contributed by atoms with Crippen molar-refractivity contribution in [2.24, 2.45) is 0 Å². The lowest BCUT2D eigenvalue weighted by Crippen LogP contribution is -2.21. The predicted molar refractivity (Wildman–Crippen MR) is 55.4 cm³/mol. The number of rotatable bonds is 5. The highest BCUT2D eigenvalue weighted by Gasteiger charge is 2.12. The number of pyridine rings is 1. The van der Waals surface area contributed by atoms with Crippen LogP contribution >= 0.6 is 0 Å². The topological polar surface area (TPSA) is 24.9 Å². The average Bonchev–Trinajstić information content (AvgIpc) is 2.18. The molecule has 1 aromatic rings. The highest BCUT2D eigenvalue weighted by Crippen LogP contribution is 2.19. The van der Waals surface area contributed by atoms with Gasteiger partial charge in [0.25, 0.3) is 0 Å². The van der Waals surface area contributed by atoms with Gasteiger partial charge in [0.2, 0.25) is 0 Å². The van der Waals surface area contributed by atoms with Crippen LogP contribution in [0.4, 0.5) is 4.39 Å². The molecule has 0 radical (unpaired) electrons. The Balaban J connectivity index is 2.86. The lowest BCUT2D eigenvalue weighted by molar-refractivity contribution is 0.513. The second-order valence-electron chi connectivity index (χ2n) is 3.03. The summed E-state index contributed by atoms with van der Waals surface area (Å²) >= 11 is 0. The largest absolute Gasteiger partial charge is 0.310 e. The van der Waals surface area contributed by atoms with Crippen LogP contribution in [0.3, 0.4) is 0 Å². The summed E-state index contributed by atoms with van der Waals surface area (Å²) in [5.74, 6) is -0.264. The van der Waals surface area contributed by atoms with Gasteiger partial charge in [0.1, 0.15) is 5.82 Å². The molecule has 1 atom stereocenters.